The Kier molecular flexibility index (Phi) is 2.87. The number of imidazole rings is 1. The van der Waals surface area contributed by atoms with Crippen molar-refractivity contribution in [2.24, 2.45) is 15.7 Å². The number of H-pyrrole nitrogens is 1. The van der Waals surface area contributed by atoms with Gasteiger partial charge in [-0.2, -0.15) is 0 Å². The van der Waals surface area contributed by atoms with Crippen LogP contribution in [0.25, 0.3) is 0 Å². The summed E-state index contributed by atoms with van der Waals surface area (Å²) in [4.78, 5) is 16.6. The minimum absolute atomic E-state index is 0.428. The van der Waals surface area contributed by atoms with Gasteiger partial charge in [-0.25, -0.2) is 15.0 Å². The lowest BCUT2D eigenvalue weighted by molar-refractivity contribution is 0.570. The van der Waals surface area contributed by atoms with E-state index in [0.29, 0.717) is 16.6 Å². The Labute approximate surface area is 121 Å². The fourth-order valence-electron chi connectivity index (χ4n) is 2.29. The SMILES string of the molecule is CC1=NC(c2cccc(Cl)c2)(c2cnc(C)[nH]2)N=C1N. The van der Waals surface area contributed by atoms with Crippen LogP contribution in [0.3, 0.4) is 0 Å². The van der Waals surface area contributed by atoms with E-state index < -0.39 is 5.66 Å². The van der Waals surface area contributed by atoms with E-state index in [9.17, 15) is 0 Å². The predicted octanol–water partition coefficient (Wildman–Crippen LogP) is 2.40. The van der Waals surface area contributed by atoms with Gasteiger partial charge in [-0.05, 0) is 26.0 Å². The highest BCUT2D eigenvalue weighted by atomic mass is 35.5. The van der Waals surface area contributed by atoms with Gasteiger partial charge in [-0.15, -0.1) is 0 Å². The van der Waals surface area contributed by atoms with Crippen LogP contribution >= 0.6 is 11.6 Å². The fourth-order valence-corrected chi connectivity index (χ4v) is 2.48. The molecule has 0 amide bonds. The quantitative estimate of drug-likeness (QED) is 0.889. The van der Waals surface area contributed by atoms with Crippen molar-refractivity contribution in [1.82, 2.24) is 9.97 Å². The minimum Gasteiger partial charge on any atom is -0.382 e. The summed E-state index contributed by atoms with van der Waals surface area (Å²) in [5, 5.41) is 0.631. The third kappa shape index (κ3) is 1.91. The van der Waals surface area contributed by atoms with E-state index in [0.717, 1.165) is 17.1 Å². The van der Waals surface area contributed by atoms with Gasteiger partial charge in [0, 0.05) is 10.6 Å². The smallest absolute Gasteiger partial charge is 0.220 e. The number of nitrogens with two attached hydrogens (primary N) is 1. The molecule has 0 aliphatic carbocycles. The zero-order valence-electron chi connectivity index (χ0n) is 11.2. The van der Waals surface area contributed by atoms with E-state index in [2.05, 4.69) is 20.0 Å². The highest BCUT2D eigenvalue weighted by molar-refractivity contribution is 6.41. The number of rotatable bonds is 2. The molecule has 3 rings (SSSR count). The second-order valence-electron chi connectivity index (χ2n) is 4.76. The number of amidine groups is 1. The van der Waals surface area contributed by atoms with Crippen LogP contribution in [0, 0.1) is 6.92 Å². The maximum Gasteiger partial charge on any atom is 0.220 e. The van der Waals surface area contributed by atoms with E-state index >= 15 is 0 Å². The van der Waals surface area contributed by atoms with Gasteiger partial charge in [0.25, 0.3) is 0 Å². The highest BCUT2D eigenvalue weighted by Crippen LogP contribution is 2.38. The maximum absolute atomic E-state index is 6.10. The first-order valence-corrected chi connectivity index (χ1v) is 6.59. The zero-order chi connectivity index (χ0) is 14.3. The molecule has 0 fully saturated rings. The molecule has 102 valence electrons. The molecule has 6 heteroatoms. The predicted molar refractivity (Wildman–Crippen MR) is 80.3 cm³/mol. The molecule has 0 bridgehead atoms. The molecule has 3 N–H and O–H groups in total. The number of aromatic nitrogens is 2. The van der Waals surface area contributed by atoms with Crippen molar-refractivity contribution in [2.75, 3.05) is 0 Å². The van der Waals surface area contributed by atoms with E-state index in [1.54, 1.807) is 6.20 Å². The van der Waals surface area contributed by atoms with Crippen molar-refractivity contribution in [3.05, 3.63) is 52.6 Å². The second-order valence-corrected chi connectivity index (χ2v) is 5.20. The standard InChI is InChI=1S/C14H14ClN5/c1-8-13(16)20-14(19-8,12-7-17-9(2)18-12)10-4-3-5-11(15)6-10/h3-7H,1-2H3,(H2,16,20)(H,17,18). The van der Waals surface area contributed by atoms with Crippen molar-refractivity contribution in [3.63, 3.8) is 0 Å². The molecule has 0 radical (unpaired) electrons. The Bertz CT molecular complexity index is 711. The normalized spacial score (nSPS) is 21.8. The molecule has 2 aromatic rings. The number of hydrogen-bond donors (Lipinski definition) is 2. The molecule has 5 nitrogen and oxygen atoms in total. The third-order valence-electron chi connectivity index (χ3n) is 3.29. The molecule has 1 aliphatic rings. The van der Waals surface area contributed by atoms with Gasteiger partial charge in [-0.3, -0.25) is 0 Å². The van der Waals surface area contributed by atoms with Crippen LogP contribution in [-0.2, 0) is 5.66 Å². The van der Waals surface area contributed by atoms with E-state index in [1.165, 1.54) is 0 Å². The molecule has 1 aromatic carbocycles. The average molecular weight is 288 g/mol. The number of nitrogens with one attached hydrogen (secondary N) is 1. The lowest BCUT2D eigenvalue weighted by Gasteiger charge is -2.22. The monoisotopic (exact) mass is 287 g/mol. The average Bonchev–Trinajstić information content (AvgIpc) is 2.96. The van der Waals surface area contributed by atoms with Gasteiger partial charge in [0.2, 0.25) is 5.66 Å². The molecule has 1 unspecified atom stereocenters. The molecule has 1 aliphatic heterocycles. The summed E-state index contributed by atoms with van der Waals surface area (Å²) in [6.07, 6.45) is 1.73. The summed E-state index contributed by atoms with van der Waals surface area (Å²) in [7, 11) is 0. The summed E-state index contributed by atoms with van der Waals surface area (Å²) in [6.45, 7) is 3.72. The fraction of sp³-hybridized carbons (Fsp3) is 0.214. The Morgan fingerprint density at radius 3 is 2.60 bits per heavy atom. The Hall–Kier alpha value is -2.14. The van der Waals surface area contributed by atoms with Crippen molar-refractivity contribution >= 4 is 23.1 Å². The first kappa shape index (κ1) is 12.9. The number of nitrogens with zero attached hydrogens (tertiary/aromatic N) is 3. The molecule has 1 aromatic heterocycles. The second kappa shape index (κ2) is 4.45. The summed E-state index contributed by atoms with van der Waals surface area (Å²) < 4.78 is 0. The number of benzene rings is 1. The number of aryl methyl sites for hydroxylation is 1. The van der Waals surface area contributed by atoms with Gasteiger partial charge in [0.1, 0.15) is 11.7 Å². The zero-order valence-corrected chi connectivity index (χ0v) is 11.9. The largest absolute Gasteiger partial charge is 0.382 e. The molecular formula is C14H14ClN5. The third-order valence-corrected chi connectivity index (χ3v) is 3.52. The Balaban J connectivity index is 2.26. The van der Waals surface area contributed by atoms with Crippen LogP contribution in [0.4, 0.5) is 0 Å². The van der Waals surface area contributed by atoms with E-state index in [1.807, 2.05) is 38.1 Å². The lowest BCUT2D eigenvalue weighted by atomic mass is 9.98. The summed E-state index contributed by atoms with van der Waals surface area (Å²) in [5.41, 5.74) is 7.34. The first-order chi connectivity index (χ1) is 9.51. The number of aromatic amines is 1. The van der Waals surface area contributed by atoms with Gasteiger partial charge < -0.3 is 10.7 Å². The molecule has 0 saturated carbocycles. The van der Waals surface area contributed by atoms with Gasteiger partial charge in [-0.1, -0.05) is 23.7 Å². The maximum atomic E-state index is 6.10. The van der Waals surface area contributed by atoms with Gasteiger partial charge in [0.15, 0.2) is 0 Å². The minimum atomic E-state index is -0.916. The van der Waals surface area contributed by atoms with Crippen molar-refractivity contribution in [1.29, 1.82) is 0 Å². The molecule has 0 saturated heterocycles. The molecule has 20 heavy (non-hydrogen) atoms. The van der Waals surface area contributed by atoms with Crippen molar-refractivity contribution in [2.45, 2.75) is 19.5 Å². The van der Waals surface area contributed by atoms with Crippen LogP contribution < -0.4 is 5.73 Å². The Morgan fingerprint density at radius 1 is 1.25 bits per heavy atom. The molecule has 1 atom stereocenters. The first-order valence-electron chi connectivity index (χ1n) is 6.21. The van der Waals surface area contributed by atoms with Crippen molar-refractivity contribution in [3.8, 4) is 0 Å². The Morgan fingerprint density at radius 2 is 2.05 bits per heavy atom. The molecule has 0 spiro atoms. The number of halogens is 1. The van der Waals surface area contributed by atoms with Crippen LogP contribution in [-0.4, -0.2) is 21.5 Å². The van der Waals surface area contributed by atoms with E-state index in [-0.39, 0.29) is 0 Å². The highest BCUT2D eigenvalue weighted by Gasteiger charge is 2.39. The van der Waals surface area contributed by atoms with Crippen LogP contribution in [0.15, 0.2) is 40.4 Å². The van der Waals surface area contributed by atoms with Gasteiger partial charge in [0.05, 0.1) is 17.6 Å². The number of hydrogen-bond acceptors (Lipinski definition) is 4. The molecule has 2 heterocycles. The topological polar surface area (TPSA) is 79.4 Å². The summed E-state index contributed by atoms with van der Waals surface area (Å²) in [5.74, 6) is 1.23. The van der Waals surface area contributed by atoms with Crippen molar-refractivity contribution < 1.29 is 0 Å². The summed E-state index contributed by atoms with van der Waals surface area (Å²) in [6, 6.07) is 7.46. The lowest BCUT2D eigenvalue weighted by Crippen LogP contribution is -2.22. The summed E-state index contributed by atoms with van der Waals surface area (Å²) >= 11 is 6.10. The van der Waals surface area contributed by atoms with Crippen LogP contribution in [0.2, 0.25) is 5.02 Å². The van der Waals surface area contributed by atoms with Gasteiger partial charge >= 0.3 is 0 Å². The van der Waals surface area contributed by atoms with Crippen LogP contribution in [0.5, 0.6) is 0 Å². The number of aliphatic imine (C=N–C) groups is 2. The van der Waals surface area contributed by atoms with E-state index in [4.69, 9.17) is 17.3 Å². The molecular weight excluding hydrogens is 274 g/mol. The van der Waals surface area contributed by atoms with Crippen LogP contribution in [0.1, 0.15) is 24.0 Å².